The molecule has 0 aromatic carbocycles. The highest BCUT2D eigenvalue weighted by Crippen LogP contribution is 2.46. The van der Waals surface area contributed by atoms with Gasteiger partial charge in [0.2, 0.25) is 0 Å². The van der Waals surface area contributed by atoms with E-state index in [-0.39, 0.29) is 0 Å². The van der Waals surface area contributed by atoms with Crippen LogP contribution in [0.2, 0.25) is 0 Å². The molecule has 16 heavy (non-hydrogen) atoms. The smallest absolute Gasteiger partial charge is 0.0360 e. The molecule has 0 spiro atoms. The van der Waals surface area contributed by atoms with Crippen molar-refractivity contribution >= 4 is 0 Å². The molecule has 0 bridgehead atoms. The fourth-order valence-corrected chi connectivity index (χ4v) is 3.74. The molecule has 2 N–H and O–H groups in total. The first-order chi connectivity index (χ1) is 7.76. The van der Waals surface area contributed by atoms with Crippen molar-refractivity contribution in [1.29, 1.82) is 0 Å². The van der Waals surface area contributed by atoms with E-state index >= 15 is 0 Å². The lowest BCUT2D eigenvalue weighted by molar-refractivity contribution is 0.0507. The number of nitrogens with zero attached hydrogens (tertiary/aromatic N) is 1. The lowest BCUT2D eigenvalue weighted by Gasteiger charge is -2.44. The van der Waals surface area contributed by atoms with Crippen molar-refractivity contribution < 1.29 is 0 Å². The molecule has 3 aliphatic carbocycles. The summed E-state index contributed by atoms with van der Waals surface area (Å²) >= 11 is 0. The number of rotatable bonds is 5. The summed E-state index contributed by atoms with van der Waals surface area (Å²) in [6.07, 6.45) is 9.95. The van der Waals surface area contributed by atoms with E-state index in [1.807, 2.05) is 0 Å². The molecule has 2 nitrogen and oxygen atoms in total. The van der Waals surface area contributed by atoms with E-state index in [0.717, 1.165) is 24.4 Å². The van der Waals surface area contributed by atoms with Crippen molar-refractivity contribution in [2.24, 2.45) is 17.6 Å². The van der Waals surface area contributed by atoms with Gasteiger partial charge in [0.15, 0.2) is 0 Å². The molecule has 0 aromatic heterocycles. The van der Waals surface area contributed by atoms with Crippen LogP contribution in [0.1, 0.15) is 51.9 Å². The molecule has 3 rings (SSSR count). The van der Waals surface area contributed by atoms with Crippen LogP contribution in [0.5, 0.6) is 0 Å². The SMILES string of the molecule is CC1CCCC1(CN)N(CC1CC1)C1CC1. The molecule has 0 radical (unpaired) electrons. The zero-order chi connectivity index (χ0) is 11.2. The maximum Gasteiger partial charge on any atom is 0.0360 e. The van der Waals surface area contributed by atoms with Gasteiger partial charge in [0.25, 0.3) is 0 Å². The van der Waals surface area contributed by atoms with Crippen LogP contribution >= 0.6 is 0 Å². The number of hydrogen-bond acceptors (Lipinski definition) is 2. The first-order valence-corrected chi connectivity index (χ1v) is 7.23. The van der Waals surface area contributed by atoms with E-state index in [2.05, 4.69) is 11.8 Å². The Hall–Kier alpha value is -0.0800. The monoisotopic (exact) mass is 222 g/mol. The Labute approximate surface area is 99.6 Å². The standard InChI is InChI=1S/C14H26N2/c1-11-3-2-8-14(11,10-15)16(13-6-7-13)9-12-4-5-12/h11-13H,2-10,15H2,1H3. The highest BCUT2D eigenvalue weighted by molar-refractivity contribution is 5.06. The van der Waals surface area contributed by atoms with Crippen LogP contribution in [0.4, 0.5) is 0 Å². The van der Waals surface area contributed by atoms with Gasteiger partial charge in [0.05, 0.1) is 0 Å². The minimum absolute atomic E-state index is 0.379. The first kappa shape index (κ1) is 11.0. The molecule has 3 saturated carbocycles. The lowest BCUT2D eigenvalue weighted by Crippen LogP contribution is -2.57. The minimum atomic E-state index is 0.379. The fraction of sp³-hybridized carbons (Fsp3) is 1.00. The summed E-state index contributed by atoms with van der Waals surface area (Å²) < 4.78 is 0. The Morgan fingerprint density at radius 1 is 1.19 bits per heavy atom. The average Bonchev–Trinajstić information content (AvgIpc) is 3.15. The van der Waals surface area contributed by atoms with Crippen LogP contribution in [-0.4, -0.2) is 29.6 Å². The Kier molecular flexibility index (Phi) is 2.75. The second kappa shape index (κ2) is 3.99. The Balaban J connectivity index is 1.78. The molecule has 0 amide bonds. The third-order valence-corrected chi connectivity index (χ3v) is 5.23. The molecule has 2 atom stereocenters. The highest BCUT2D eigenvalue weighted by atomic mass is 15.3. The number of hydrogen-bond donors (Lipinski definition) is 1. The van der Waals surface area contributed by atoms with Crippen molar-refractivity contribution in [1.82, 2.24) is 4.90 Å². The minimum Gasteiger partial charge on any atom is -0.329 e. The van der Waals surface area contributed by atoms with E-state index in [9.17, 15) is 0 Å². The van der Waals surface area contributed by atoms with Crippen LogP contribution in [0.3, 0.4) is 0 Å². The number of nitrogens with two attached hydrogens (primary N) is 1. The second-order valence-electron chi connectivity index (χ2n) is 6.43. The molecule has 3 fully saturated rings. The molecule has 0 saturated heterocycles. The highest BCUT2D eigenvalue weighted by Gasteiger charge is 2.49. The summed E-state index contributed by atoms with van der Waals surface area (Å²) in [7, 11) is 0. The van der Waals surface area contributed by atoms with Crippen LogP contribution < -0.4 is 5.73 Å². The van der Waals surface area contributed by atoms with Crippen molar-refractivity contribution in [2.45, 2.75) is 63.5 Å². The summed E-state index contributed by atoms with van der Waals surface area (Å²) in [6.45, 7) is 4.67. The fourth-order valence-electron chi connectivity index (χ4n) is 3.74. The van der Waals surface area contributed by atoms with E-state index in [1.165, 1.54) is 51.5 Å². The summed E-state index contributed by atoms with van der Waals surface area (Å²) in [6, 6.07) is 0.893. The molecular formula is C14H26N2. The van der Waals surface area contributed by atoms with E-state index in [0.29, 0.717) is 5.54 Å². The summed E-state index contributed by atoms with van der Waals surface area (Å²) in [5.41, 5.74) is 6.56. The molecule has 92 valence electrons. The van der Waals surface area contributed by atoms with Gasteiger partial charge >= 0.3 is 0 Å². The van der Waals surface area contributed by atoms with Crippen LogP contribution in [0.25, 0.3) is 0 Å². The Bertz CT molecular complexity index is 257. The first-order valence-electron chi connectivity index (χ1n) is 7.23. The Morgan fingerprint density at radius 3 is 2.38 bits per heavy atom. The summed E-state index contributed by atoms with van der Waals surface area (Å²) in [5, 5.41) is 0. The summed E-state index contributed by atoms with van der Waals surface area (Å²) in [5.74, 6) is 1.83. The zero-order valence-electron chi connectivity index (χ0n) is 10.6. The van der Waals surface area contributed by atoms with Gasteiger partial charge < -0.3 is 5.73 Å². The van der Waals surface area contributed by atoms with Gasteiger partial charge in [-0.2, -0.15) is 0 Å². The largest absolute Gasteiger partial charge is 0.329 e. The molecule has 0 aromatic rings. The Morgan fingerprint density at radius 2 is 1.94 bits per heavy atom. The van der Waals surface area contributed by atoms with Crippen molar-refractivity contribution in [3.05, 3.63) is 0 Å². The molecule has 0 aliphatic heterocycles. The third kappa shape index (κ3) is 1.80. The molecular weight excluding hydrogens is 196 g/mol. The van der Waals surface area contributed by atoms with E-state index in [1.54, 1.807) is 0 Å². The van der Waals surface area contributed by atoms with Crippen LogP contribution in [0.15, 0.2) is 0 Å². The average molecular weight is 222 g/mol. The van der Waals surface area contributed by atoms with Gasteiger partial charge in [0, 0.05) is 24.7 Å². The maximum absolute atomic E-state index is 6.18. The van der Waals surface area contributed by atoms with E-state index in [4.69, 9.17) is 5.73 Å². The zero-order valence-corrected chi connectivity index (χ0v) is 10.6. The second-order valence-corrected chi connectivity index (χ2v) is 6.43. The maximum atomic E-state index is 6.18. The normalized spacial score (nSPS) is 39.6. The van der Waals surface area contributed by atoms with Gasteiger partial charge in [0.1, 0.15) is 0 Å². The summed E-state index contributed by atoms with van der Waals surface area (Å²) in [4.78, 5) is 2.85. The third-order valence-electron chi connectivity index (χ3n) is 5.23. The molecule has 2 unspecified atom stereocenters. The molecule has 3 aliphatic rings. The predicted molar refractivity (Wildman–Crippen MR) is 67.3 cm³/mol. The van der Waals surface area contributed by atoms with Crippen molar-refractivity contribution in [3.8, 4) is 0 Å². The van der Waals surface area contributed by atoms with Gasteiger partial charge in [-0.3, -0.25) is 4.90 Å². The van der Waals surface area contributed by atoms with Gasteiger partial charge in [-0.25, -0.2) is 0 Å². The van der Waals surface area contributed by atoms with Crippen molar-refractivity contribution in [3.63, 3.8) is 0 Å². The molecule has 2 heteroatoms. The van der Waals surface area contributed by atoms with Gasteiger partial charge in [-0.05, 0) is 50.4 Å². The van der Waals surface area contributed by atoms with Gasteiger partial charge in [-0.15, -0.1) is 0 Å². The van der Waals surface area contributed by atoms with Crippen LogP contribution in [-0.2, 0) is 0 Å². The topological polar surface area (TPSA) is 29.3 Å². The molecule has 0 heterocycles. The van der Waals surface area contributed by atoms with Crippen molar-refractivity contribution in [2.75, 3.05) is 13.1 Å². The predicted octanol–water partition coefficient (Wildman–Crippen LogP) is 2.38. The van der Waals surface area contributed by atoms with Crippen LogP contribution in [0, 0.1) is 11.8 Å². The van der Waals surface area contributed by atoms with Gasteiger partial charge in [-0.1, -0.05) is 13.3 Å². The lowest BCUT2D eigenvalue weighted by atomic mass is 9.85. The quantitative estimate of drug-likeness (QED) is 0.774. The van der Waals surface area contributed by atoms with E-state index < -0.39 is 0 Å².